The first-order valence-electron chi connectivity index (χ1n) is 8.93. The number of carbonyl (C=O) groups excluding carboxylic acids is 1. The van der Waals surface area contributed by atoms with Crippen molar-refractivity contribution in [1.29, 1.82) is 0 Å². The van der Waals surface area contributed by atoms with Crippen molar-refractivity contribution < 1.29 is 19.0 Å². The Morgan fingerprint density at radius 1 is 1.00 bits per heavy atom. The Morgan fingerprint density at radius 3 is 2.26 bits per heavy atom. The van der Waals surface area contributed by atoms with Crippen LogP contribution in [0.1, 0.15) is 27.6 Å². The van der Waals surface area contributed by atoms with Crippen LogP contribution in [0, 0.1) is 0 Å². The lowest BCUT2D eigenvalue weighted by atomic mass is 10.1. The lowest BCUT2D eigenvalue weighted by Crippen LogP contribution is -2.33. The number of methoxy groups -OCH3 is 3. The molecule has 1 atom stereocenters. The molecular formula is C21H25NO4S. The maximum atomic E-state index is 13.1. The summed E-state index contributed by atoms with van der Waals surface area (Å²) in [6, 6.07) is 13.9. The van der Waals surface area contributed by atoms with E-state index >= 15 is 0 Å². The summed E-state index contributed by atoms with van der Waals surface area (Å²) < 4.78 is 16.1. The Hall–Kier alpha value is -2.34. The van der Waals surface area contributed by atoms with Gasteiger partial charge in [0, 0.05) is 29.7 Å². The highest BCUT2D eigenvalue weighted by Gasteiger charge is 2.25. The van der Waals surface area contributed by atoms with Gasteiger partial charge in [-0.15, -0.1) is 0 Å². The fraction of sp³-hybridized carbons (Fsp3) is 0.381. The molecule has 2 aromatic carbocycles. The number of thioether (sulfide) groups is 1. The predicted octanol–water partition coefficient (Wildman–Crippen LogP) is 4.03. The van der Waals surface area contributed by atoms with Gasteiger partial charge < -0.3 is 19.1 Å². The van der Waals surface area contributed by atoms with Gasteiger partial charge in [0.2, 0.25) is 5.75 Å². The maximum Gasteiger partial charge on any atom is 0.254 e. The number of rotatable bonds is 5. The van der Waals surface area contributed by atoms with Crippen LogP contribution in [0.2, 0.25) is 0 Å². The molecule has 1 fully saturated rings. The van der Waals surface area contributed by atoms with Gasteiger partial charge in [-0.25, -0.2) is 0 Å². The van der Waals surface area contributed by atoms with Crippen LogP contribution in [0.5, 0.6) is 17.2 Å². The van der Waals surface area contributed by atoms with Crippen LogP contribution in [0.15, 0.2) is 42.5 Å². The fourth-order valence-electron chi connectivity index (χ4n) is 3.29. The van der Waals surface area contributed by atoms with E-state index in [2.05, 4.69) is 24.3 Å². The average Bonchev–Trinajstić information content (AvgIpc) is 2.99. The lowest BCUT2D eigenvalue weighted by molar-refractivity contribution is 0.0765. The van der Waals surface area contributed by atoms with Gasteiger partial charge >= 0.3 is 0 Å². The molecule has 0 bridgehead atoms. The second-order valence-corrected chi connectivity index (χ2v) is 7.58. The molecule has 1 saturated heterocycles. The Labute approximate surface area is 164 Å². The van der Waals surface area contributed by atoms with Crippen molar-refractivity contribution in [3.05, 3.63) is 53.6 Å². The van der Waals surface area contributed by atoms with E-state index in [1.54, 1.807) is 33.5 Å². The Bertz CT molecular complexity index is 756. The van der Waals surface area contributed by atoms with Gasteiger partial charge in [-0.2, -0.15) is 11.8 Å². The van der Waals surface area contributed by atoms with Gasteiger partial charge in [0.1, 0.15) is 0 Å². The summed E-state index contributed by atoms with van der Waals surface area (Å²) in [6.45, 7) is 1.45. The Kier molecular flexibility index (Phi) is 6.50. The second kappa shape index (κ2) is 9.04. The average molecular weight is 388 g/mol. The Balaban J connectivity index is 1.78. The number of benzene rings is 2. The number of amides is 1. The number of ether oxygens (including phenoxy) is 3. The number of carbonyl (C=O) groups is 1. The quantitative estimate of drug-likeness (QED) is 0.775. The van der Waals surface area contributed by atoms with Crippen LogP contribution in [0.3, 0.4) is 0 Å². The zero-order valence-corrected chi connectivity index (χ0v) is 16.8. The third-order valence-corrected chi connectivity index (χ3v) is 6.04. The molecule has 5 nitrogen and oxygen atoms in total. The third-order valence-electron chi connectivity index (χ3n) is 4.71. The molecule has 1 amide bonds. The minimum Gasteiger partial charge on any atom is -0.493 e. The molecule has 1 unspecified atom stereocenters. The van der Waals surface area contributed by atoms with Gasteiger partial charge in [-0.3, -0.25) is 4.79 Å². The molecule has 2 aromatic rings. The first-order chi connectivity index (χ1) is 13.2. The van der Waals surface area contributed by atoms with Gasteiger partial charge in [0.15, 0.2) is 11.5 Å². The number of nitrogens with zero attached hydrogens (tertiary/aromatic N) is 1. The molecule has 1 heterocycles. The van der Waals surface area contributed by atoms with Crippen molar-refractivity contribution in [2.24, 2.45) is 0 Å². The predicted molar refractivity (Wildman–Crippen MR) is 108 cm³/mol. The van der Waals surface area contributed by atoms with Crippen LogP contribution in [0.4, 0.5) is 0 Å². The summed E-state index contributed by atoms with van der Waals surface area (Å²) >= 11 is 1.91. The molecular weight excluding hydrogens is 362 g/mol. The smallest absolute Gasteiger partial charge is 0.254 e. The summed E-state index contributed by atoms with van der Waals surface area (Å²) in [5, 5.41) is 0.420. The first-order valence-corrected chi connectivity index (χ1v) is 9.98. The Morgan fingerprint density at radius 2 is 1.67 bits per heavy atom. The van der Waals surface area contributed by atoms with Crippen LogP contribution in [-0.2, 0) is 0 Å². The molecule has 0 radical (unpaired) electrons. The molecule has 27 heavy (non-hydrogen) atoms. The monoisotopic (exact) mass is 387 g/mol. The summed E-state index contributed by atoms with van der Waals surface area (Å²) in [7, 11) is 4.66. The van der Waals surface area contributed by atoms with Crippen LogP contribution >= 0.6 is 11.8 Å². The van der Waals surface area contributed by atoms with Gasteiger partial charge in [0.25, 0.3) is 5.91 Å². The van der Waals surface area contributed by atoms with Crippen molar-refractivity contribution in [1.82, 2.24) is 4.90 Å². The van der Waals surface area contributed by atoms with E-state index in [0.29, 0.717) is 28.1 Å². The lowest BCUT2D eigenvalue weighted by Gasteiger charge is -2.22. The third kappa shape index (κ3) is 4.33. The van der Waals surface area contributed by atoms with Crippen LogP contribution in [-0.4, -0.2) is 51.0 Å². The van der Waals surface area contributed by atoms with E-state index in [-0.39, 0.29) is 5.91 Å². The molecule has 144 valence electrons. The summed E-state index contributed by atoms with van der Waals surface area (Å²) in [6.07, 6.45) is 0.935. The summed E-state index contributed by atoms with van der Waals surface area (Å²) in [5.74, 6) is 2.38. The van der Waals surface area contributed by atoms with Crippen molar-refractivity contribution >= 4 is 17.7 Å². The van der Waals surface area contributed by atoms with Crippen molar-refractivity contribution in [3.8, 4) is 17.2 Å². The minimum absolute atomic E-state index is 0.0106. The van der Waals surface area contributed by atoms with E-state index in [4.69, 9.17) is 14.2 Å². The normalized spacial score (nSPS) is 17.1. The molecule has 1 aliphatic heterocycles. The highest BCUT2D eigenvalue weighted by Crippen LogP contribution is 2.39. The van der Waals surface area contributed by atoms with Gasteiger partial charge in [-0.05, 0) is 24.1 Å². The fourth-order valence-corrected chi connectivity index (χ4v) is 4.53. The standard InChI is InChI=1S/C21H25NO4S/c1-24-17-13-16(14-18(25-2)20(17)26-3)21(23)22-10-9-19(27-12-11-22)15-7-5-4-6-8-15/h4-8,13-14,19H,9-12H2,1-3H3. The van der Waals surface area contributed by atoms with Gasteiger partial charge in [0.05, 0.1) is 21.3 Å². The number of hydrogen-bond donors (Lipinski definition) is 0. The van der Waals surface area contributed by atoms with Gasteiger partial charge in [-0.1, -0.05) is 30.3 Å². The van der Waals surface area contributed by atoms with Crippen LogP contribution < -0.4 is 14.2 Å². The molecule has 0 aromatic heterocycles. The zero-order valence-electron chi connectivity index (χ0n) is 15.9. The molecule has 0 N–H and O–H groups in total. The van der Waals surface area contributed by atoms with Crippen LogP contribution in [0.25, 0.3) is 0 Å². The second-order valence-electron chi connectivity index (χ2n) is 6.27. The minimum atomic E-state index is -0.0106. The molecule has 0 aliphatic carbocycles. The summed E-state index contributed by atoms with van der Waals surface area (Å²) in [5.41, 5.74) is 1.87. The highest BCUT2D eigenvalue weighted by atomic mass is 32.2. The van der Waals surface area contributed by atoms with Crippen molar-refractivity contribution in [2.75, 3.05) is 40.2 Å². The first kappa shape index (κ1) is 19.4. The molecule has 1 aliphatic rings. The van der Waals surface area contributed by atoms with Crippen molar-refractivity contribution in [2.45, 2.75) is 11.7 Å². The molecule has 0 spiro atoms. The van der Waals surface area contributed by atoms with E-state index in [0.717, 1.165) is 25.3 Å². The molecule has 6 heteroatoms. The highest BCUT2D eigenvalue weighted by molar-refractivity contribution is 7.99. The van der Waals surface area contributed by atoms with E-state index in [9.17, 15) is 4.79 Å². The van der Waals surface area contributed by atoms with E-state index in [1.165, 1.54) is 5.56 Å². The zero-order chi connectivity index (χ0) is 19.2. The van der Waals surface area contributed by atoms with Crippen molar-refractivity contribution in [3.63, 3.8) is 0 Å². The van der Waals surface area contributed by atoms with E-state index < -0.39 is 0 Å². The summed E-state index contributed by atoms with van der Waals surface area (Å²) in [4.78, 5) is 15.0. The topological polar surface area (TPSA) is 48.0 Å². The number of hydrogen-bond acceptors (Lipinski definition) is 5. The molecule has 3 rings (SSSR count). The maximum absolute atomic E-state index is 13.1. The molecule has 0 saturated carbocycles. The van der Waals surface area contributed by atoms with E-state index in [1.807, 2.05) is 22.7 Å². The SMILES string of the molecule is COc1cc(C(=O)N2CCSC(c3ccccc3)CC2)cc(OC)c1OC. The largest absolute Gasteiger partial charge is 0.493 e.